The normalized spacial score (nSPS) is 11.2. The Labute approximate surface area is 134 Å². The SMILES string of the molecule is CC(C)(C#N)C(=O)Nc1ccc(-n2cnc3ccccc32)cc1. The number of carbonyl (C=O) groups is 1. The van der Waals surface area contributed by atoms with E-state index in [0.29, 0.717) is 5.69 Å². The largest absolute Gasteiger partial charge is 0.325 e. The summed E-state index contributed by atoms with van der Waals surface area (Å²) in [6.07, 6.45) is 1.77. The number of nitrogens with one attached hydrogen (secondary N) is 1. The second-order valence-corrected chi connectivity index (χ2v) is 5.84. The van der Waals surface area contributed by atoms with Gasteiger partial charge in [-0.05, 0) is 50.2 Å². The number of para-hydroxylation sites is 2. The quantitative estimate of drug-likeness (QED) is 0.805. The van der Waals surface area contributed by atoms with Gasteiger partial charge in [-0.25, -0.2) is 4.98 Å². The Kier molecular flexibility index (Phi) is 3.59. The summed E-state index contributed by atoms with van der Waals surface area (Å²) in [7, 11) is 0. The number of anilines is 1. The van der Waals surface area contributed by atoms with Crippen LogP contribution in [0.25, 0.3) is 16.7 Å². The van der Waals surface area contributed by atoms with Crippen LogP contribution in [-0.2, 0) is 4.79 Å². The topological polar surface area (TPSA) is 70.7 Å². The molecule has 0 aliphatic rings. The van der Waals surface area contributed by atoms with Crippen LogP contribution in [0.4, 0.5) is 5.69 Å². The molecule has 3 aromatic rings. The van der Waals surface area contributed by atoms with Crippen molar-refractivity contribution < 1.29 is 4.79 Å². The number of hydrogen-bond acceptors (Lipinski definition) is 3. The van der Waals surface area contributed by atoms with E-state index in [4.69, 9.17) is 5.26 Å². The molecule has 0 aliphatic carbocycles. The third-order valence-electron chi connectivity index (χ3n) is 3.70. The van der Waals surface area contributed by atoms with Crippen molar-refractivity contribution in [2.45, 2.75) is 13.8 Å². The molecule has 1 amide bonds. The maximum Gasteiger partial charge on any atom is 0.244 e. The molecule has 0 bridgehead atoms. The second kappa shape index (κ2) is 5.58. The predicted octanol–water partition coefficient (Wildman–Crippen LogP) is 3.51. The molecule has 2 aromatic carbocycles. The van der Waals surface area contributed by atoms with Crippen molar-refractivity contribution in [2.75, 3.05) is 5.32 Å². The Morgan fingerprint density at radius 1 is 1.17 bits per heavy atom. The number of benzene rings is 2. The molecule has 1 aromatic heterocycles. The molecule has 0 saturated heterocycles. The summed E-state index contributed by atoms with van der Waals surface area (Å²) in [6, 6.07) is 17.3. The van der Waals surface area contributed by atoms with Crippen molar-refractivity contribution in [1.82, 2.24) is 9.55 Å². The number of nitrogens with zero attached hydrogens (tertiary/aromatic N) is 3. The van der Waals surface area contributed by atoms with Crippen molar-refractivity contribution >= 4 is 22.6 Å². The lowest BCUT2D eigenvalue weighted by molar-refractivity contribution is -0.121. The summed E-state index contributed by atoms with van der Waals surface area (Å²) in [5.41, 5.74) is 2.51. The zero-order valence-corrected chi connectivity index (χ0v) is 12.9. The lowest BCUT2D eigenvalue weighted by Gasteiger charge is -2.15. The van der Waals surface area contributed by atoms with Gasteiger partial charge in [-0.3, -0.25) is 9.36 Å². The van der Waals surface area contributed by atoms with Gasteiger partial charge in [0.25, 0.3) is 0 Å². The number of nitriles is 1. The average molecular weight is 304 g/mol. The first-order valence-corrected chi connectivity index (χ1v) is 7.26. The highest BCUT2D eigenvalue weighted by molar-refractivity contribution is 5.96. The van der Waals surface area contributed by atoms with E-state index >= 15 is 0 Å². The van der Waals surface area contributed by atoms with E-state index in [1.54, 1.807) is 20.2 Å². The summed E-state index contributed by atoms with van der Waals surface area (Å²) in [5.74, 6) is -0.319. The summed E-state index contributed by atoms with van der Waals surface area (Å²) < 4.78 is 1.99. The maximum atomic E-state index is 12.0. The van der Waals surface area contributed by atoms with Gasteiger partial charge in [0.05, 0.1) is 17.1 Å². The van der Waals surface area contributed by atoms with Crippen LogP contribution >= 0.6 is 0 Å². The summed E-state index contributed by atoms with van der Waals surface area (Å²) in [4.78, 5) is 16.4. The van der Waals surface area contributed by atoms with Gasteiger partial charge in [0.15, 0.2) is 0 Å². The highest BCUT2D eigenvalue weighted by Gasteiger charge is 2.27. The summed E-state index contributed by atoms with van der Waals surface area (Å²) >= 11 is 0. The number of hydrogen-bond donors (Lipinski definition) is 1. The maximum absolute atomic E-state index is 12.0. The lowest BCUT2D eigenvalue weighted by atomic mass is 9.94. The van der Waals surface area contributed by atoms with E-state index in [1.165, 1.54) is 0 Å². The molecule has 1 N–H and O–H groups in total. The first kappa shape index (κ1) is 14.8. The highest BCUT2D eigenvalue weighted by Crippen LogP contribution is 2.21. The van der Waals surface area contributed by atoms with E-state index in [1.807, 2.05) is 59.2 Å². The Bertz CT molecular complexity index is 901. The zero-order chi connectivity index (χ0) is 16.4. The Morgan fingerprint density at radius 3 is 2.57 bits per heavy atom. The number of fused-ring (bicyclic) bond motifs is 1. The zero-order valence-electron chi connectivity index (χ0n) is 12.9. The van der Waals surface area contributed by atoms with Crippen molar-refractivity contribution in [2.24, 2.45) is 5.41 Å². The molecular formula is C18H16N4O. The second-order valence-electron chi connectivity index (χ2n) is 5.84. The number of amides is 1. The minimum atomic E-state index is -1.06. The van der Waals surface area contributed by atoms with E-state index in [0.717, 1.165) is 16.7 Å². The van der Waals surface area contributed by atoms with Crippen LogP contribution in [-0.4, -0.2) is 15.5 Å². The van der Waals surface area contributed by atoms with Gasteiger partial charge >= 0.3 is 0 Å². The first-order valence-electron chi connectivity index (χ1n) is 7.26. The van der Waals surface area contributed by atoms with Crippen LogP contribution in [0.5, 0.6) is 0 Å². The standard InChI is InChI=1S/C18H16N4O/c1-18(2,11-19)17(23)21-13-7-9-14(10-8-13)22-12-20-15-5-3-4-6-16(15)22/h3-10,12H,1-2H3,(H,21,23). The molecule has 0 atom stereocenters. The molecular weight excluding hydrogens is 288 g/mol. The van der Waals surface area contributed by atoms with Crippen LogP contribution in [0, 0.1) is 16.7 Å². The van der Waals surface area contributed by atoms with E-state index in [-0.39, 0.29) is 5.91 Å². The molecule has 5 heteroatoms. The molecule has 0 radical (unpaired) electrons. The van der Waals surface area contributed by atoms with Crippen molar-refractivity contribution in [3.05, 3.63) is 54.9 Å². The molecule has 5 nitrogen and oxygen atoms in total. The molecule has 0 aliphatic heterocycles. The van der Waals surface area contributed by atoms with Gasteiger partial charge in [-0.2, -0.15) is 5.26 Å². The summed E-state index contributed by atoms with van der Waals surface area (Å²) in [5, 5.41) is 11.7. The molecule has 0 unspecified atom stereocenters. The smallest absolute Gasteiger partial charge is 0.244 e. The van der Waals surface area contributed by atoms with Gasteiger partial charge in [0.1, 0.15) is 11.7 Å². The third kappa shape index (κ3) is 2.79. The molecule has 0 saturated carbocycles. The number of carbonyl (C=O) groups excluding carboxylic acids is 1. The van der Waals surface area contributed by atoms with Gasteiger partial charge in [-0.1, -0.05) is 12.1 Å². The lowest BCUT2D eigenvalue weighted by Crippen LogP contribution is -2.29. The van der Waals surface area contributed by atoms with Gasteiger partial charge in [-0.15, -0.1) is 0 Å². The van der Waals surface area contributed by atoms with Crippen molar-refractivity contribution in [3.8, 4) is 11.8 Å². The van der Waals surface area contributed by atoms with Crippen molar-refractivity contribution in [1.29, 1.82) is 5.26 Å². The molecule has 23 heavy (non-hydrogen) atoms. The molecule has 114 valence electrons. The summed E-state index contributed by atoms with van der Waals surface area (Å²) in [6.45, 7) is 3.18. The number of rotatable bonds is 3. The molecule has 0 fully saturated rings. The van der Waals surface area contributed by atoms with Gasteiger partial charge in [0, 0.05) is 11.4 Å². The number of imidazole rings is 1. The average Bonchev–Trinajstić information content (AvgIpc) is 2.99. The van der Waals surface area contributed by atoms with E-state index < -0.39 is 5.41 Å². The Hall–Kier alpha value is -3.13. The minimum absolute atomic E-state index is 0.319. The first-order chi connectivity index (χ1) is 11.0. The minimum Gasteiger partial charge on any atom is -0.325 e. The predicted molar refractivity (Wildman–Crippen MR) is 89.1 cm³/mol. The van der Waals surface area contributed by atoms with E-state index in [2.05, 4.69) is 10.3 Å². The van der Waals surface area contributed by atoms with Crippen LogP contribution in [0.15, 0.2) is 54.9 Å². The van der Waals surface area contributed by atoms with Gasteiger partial charge in [0.2, 0.25) is 5.91 Å². The van der Waals surface area contributed by atoms with Crippen LogP contribution in [0.2, 0.25) is 0 Å². The van der Waals surface area contributed by atoms with Crippen LogP contribution in [0.1, 0.15) is 13.8 Å². The Balaban J connectivity index is 1.86. The van der Waals surface area contributed by atoms with E-state index in [9.17, 15) is 4.79 Å². The fraction of sp³-hybridized carbons (Fsp3) is 0.167. The van der Waals surface area contributed by atoms with Crippen molar-refractivity contribution in [3.63, 3.8) is 0 Å². The highest BCUT2D eigenvalue weighted by atomic mass is 16.2. The fourth-order valence-corrected chi connectivity index (χ4v) is 2.21. The third-order valence-corrected chi connectivity index (χ3v) is 3.70. The molecule has 3 rings (SSSR count). The molecule has 0 spiro atoms. The fourth-order valence-electron chi connectivity index (χ4n) is 2.21. The number of aromatic nitrogens is 2. The van der Waals surface area contributed by atoms with Crippen LogP contribution < -0.4 is 5.32 Å². The monoisotopic (exact) mass is 304 g/mol. The molecule has 1 heterocycles. The van der Waals surface area contributed by atoms with Crippen LogP contribution in [0.3, 0.4) is 0 Å². The Morgan fingerprint density at radius 2 is 1.87 bits per heavy atom. The van der Waals surface area contributed by atoms with Gasteiger partial charge < -0.3 is 5.32 Å².